The van der Waals surface area contributed by atoms with Crippen LogP contribution >= 0.6 is 11.6 Å². The van der Waals surface area contributed by atoms with E-state index in [4.69, 9.17) is 11.6 Å². The number of hydrogen-bond acceptors (Lipinski definition) is 2. The zero-order chi connectivity index (χ0) is 14.9. The summed E-state index contributed by atoms with van der Waals surface area (Å²) >= 11 is 6.13. The van der Waals surface area contributed by atoms with Crippen LogP contribution in [0.15, 0.2) is 53.7 Å². The summed E-state index contributed by atoms with van der Waals surface area (Å²) in [4.78, 5) is 8.45. The van der Waals surface area contributed by atoms with E-state index in [1.807, 2.05) is 42.5 Å². The highest BCUT2D eigenvalue weighted by Gasteiger charge is 2.01. The topological polar surface area (TPSA) is 49.3 Å². The van der Waals surface area contributed by atoms with Crippen LogP contribution in [0.5, 0.6) is 0 Å². The molecule has 2 N–H and O–H groups in total. The molecule has 0 amide bonds. The Hall–Kier alpha value is -2.07. The minimum atomic E-state index is 0.645. The van der Waals surface area contributed by atoms with E-state index in [0.717, 1.165) is 35.2 Å². The Bertz CT molecular complexity index is 584. The Kier molecular flexibility index (Phi) is 6.03. The van der Waals surface area contributed by atoms with Crippen LogP contribution in [-0.2, 0) is 13.0 Å². The van der Waals surface area contributed by atoms with Gasteiger partial charge in [0.2, 0.25) is 0 Å². The van der Waals surface area contributed by atoms with Gasteiger partial charge in [-0.05, 0) is 30.2 Å². The molecule has 0 bridgehead atoms. The lowest BCUT2D eigenvalue weighted by Gasteiger charge is -2.12. The number of halogens is 1. The van der Waals surface area contributed by atoms with Crippen molar-refractivity contribution in [3.63, 3.8) is 0 Å². The Morgan fingerprint density at radius 1 is 1.14 bits per heavy atom. The minimum Gasteiger partial charge on any atom is -0.356 e. The first-order valence-corrected chi connectivity index (χ1v) is 7.25. The van der Waals surface area contributed by atoms with E-state index < -0.39 is 0 Å². The molecule has 0 fully saturated rings. The van der Waals surface area contributed by atoms with Crippen molar-refractivity contribution >= 4 is 17.6 Å². The Morgan fingerprint density at radius 3 is 2.67 bits per heavy atom. The maximum absolute atomic E-state index is 6.13. The van der Waals surface area contributed by atoms with Crippen molar-refractivity contribution in [2.75, 3.05) is 13.6 Å². The molecule has 0 aliphatic rings. The molecular weight excluding hydrogens is 284 g/mol. The monoisotopic (exact) mass is 302 g/mol. The molecule has 21 heavy (non-hydrogen) atoms. The maximum Gasteiger partial charge on any atom is 0.191 e. The molecule has 1 heterocycles. The first-order chi connectivity index (χ1) is 10.3. The smallest absolute Gasteiger partial charge is 0.191 e. The van der Waals surface area contributed by atoms with Gasteiger partial charge in [0.05, 0.1) is 12.2 Å². The highest BCUT2D eigenvalue weighted by Crippen LogP contribution is 2.14. The molecule has 1 aromatic carbocycles. The van der Waals surface area contributed by atoms with Crippen LogP contribution in [0.1, 0.15) is 11.3 Å². The van der Waals surface area contributed by atoms with Crippen LogP contribution in [0.4, 0.5) is 0 Å². The number of guanidine groups is 1. The first-order valence-electron chi connectivity index (χ1n) is 6.87. The van der Waals surface area contributed by atoms with Gasteiger partial charge in [-0.3, -0.25) is 9.98 Å². The predicted octanol–water partition coefficient (Wildman–Crippen LogP) is 2.64. The summed E-state index contributed by atoms with van der Waals surface area (Å²) < 4.78 is 0. The summed E-state index contributed by atoms with van der Waals surface area (Å²) in [5.74, 6) is 0.757. The van der Waals surface area contributed by atoms with E-state index in [9.17, 15) is 0 Å². The average molecular weight is 303 g/mol. The second-order valence-corrected chi connectivity index (χ2v) is 4.92. The third kappa shape index (κ3) is 5.08. The number of aliphatic imine (C=N–C) groups is 1. The van der Waals surface area contributed by atoms with Gasteiger partial charge >= 0.3 is 0 Å². The highest BCUT2D eigenvalue weighted by atomic mass is 35.5. The van der Waals surface area contributed by atoms with Crippen molar-refractivity contribution in [2.45, 2.75) is 13.0 Å². The molecule has 5 heteroatoms. The fourth-order valence-corrected chi connectivity index (χ4v) is 2.14. The van der Waals surface area contributed by atoms with Crippen molar-refractivity contribution in [3.8, 4) is 0 Å². The molecule has 0 aliphatic heterocycles. The zero-order valence-electron chi connectivity index (χ0n) is 12.0. The molecule has 0 spiro atoms. The molecular formula is C16H19ClN4. The molecule has 0 saturated heterocycles. The van der Waals surface area contributed by atoms with Gasteiger partial charge in [0.1, 0.15) is 0 Å². The van der Waals surface area contributed by atoms with E-state index in [1.54, 1.807) is 13.2 Å². The summed E-state index contributed by atoms with van der Waals surface area (Å²) in [6.45, 7) is 1.41. The lowest BCUT2D eigenvalue weighted by atomic mass is 10.1. The number of rotatable bonds is 5. The van der Waals surface area contributed by atoms with Crippen molar-refractivity contribution in [1.29, 1.82) is 0 Å². The van der Waals surface area contributed by atoms with Crippen molar-refractivity contribution in [2.24, 2.45) is 4.99 Å². The van der Waals surface area contributed by atoms with Crippen molar-refractivity contribution < 1.29 is 0 Å². The molecule has 0 radical (unpaired) electrons. The number of aromatic nitrogens is 1. The molecule has 2 aromatic rings. The van der Waals surface area contributed by atoms with E-state index in [1.165, 1.54) is 0 Å². The van der Waals surface area contributed by atoms with Crippen LogP contribution < -0.4 is 10.6 Å². The Labute approximate surface area is 130 Å². The first kappa shape index (κ1) is 15.3. The Morgan fingerprint density at radius 2 is 1.95 bits per heavy atom. The van der Waals surface area contributed by atoms with Gasteiger partial charge in [-0.1, -0.05) is 35.9 Å². The second-order valence-electron chi connectivity index (χ2n) is 4.52. The highest BCUT2D eigenvalue weighted by molar-refractivity contribution is 6.31. The molecule has 4 nitrogen and oxygen atoms in total. The van der Waals surface area contributed by atoms with E-state index in [0.29, 0.717) is 6.54 Å². The summed E-state index contributed by atoms with van der Waals surface area (Å²) in [7, 11) is 1.75. The normalized spacial score (nSPS) is 11.2. The molecule has 0 aliphatic carbocycles. The molecule has 1 aromatic heterocycles. The maximum atomic E-state index is 6.13. The van der Waals surface area contributed by atoms with E-state index in [2.05, 4.69) is 20.6 Å². The Balaban J connectivity index is 1.77. The number of nitrogens with zero attached hydrogens (tertiary/aromatic N) is 2. The molecule has 0 saturated carbocycles. The predicted molar refractivity (Wildman–Crippen MR) is 87.6 cm³/mol. The van der Waals surface area contributed by atoms with Gasteiger partial charge in [-0.15, -0.1) is 0 Å². The summed E-state index contributed by atoms with van der Waals surface area (Å²) in [6, 6.07) is 13.7. The number of pyridine rings is 1. The van der Waals surface area contributed by atoms with Crippen molar-refractivity contribution in [3.05, 3.63) is 64.9 Å². The van der Waals surface area contributed by atoms with Crippen LogP contribution in [0.2, 0.25) is 5.02 Å². The van der Waals surface area contributed by atoms with Gasteiger partial charge < -0.3 is 10.6 Å². The number of nitrogens with one attached hydrogen (secondary N) is 2. The lowest BCUT2D eigenvalue weighted by molar-refractivity contribution is 0.783. The van der Waals surface area contributed by atoms with Crippen LogP contribution in [0.3, 0.4) is 0 Å². The van der Waals surface area contributed by atoms with E-state index in [-0.39, 0.29) is 0 Å². The number of benzene rings is 1. The van der Waals surface area contributed by atoms with Gasteiger partial charge in [-0.25, -0.2) is 0 Å². The quantitative estimate of drug-likeness (QED) is 0.659. The summed E-state index contributed by atoms with van der Waals surface area (Å²) in [5.41, 5.74) is 2.11. The van der Waals surface area contributed by atoms with E-state index >= 15 is 0 Å². The largest absolute Gasteiger partial charge is 0.356 e. The third-order valence-corrected chi connectivity index (χ3v) is 3.40. The summed E-state index contributed by atoms with van der Waals surface area (Å²) in [6.07, 6.45) is 2.63. The average Bonchev–Trinajstić information content (AvgIpc) is 2.53. The fraction of sp³-hybridized carbons (Fsp3) is 0.250. The summed E-state index contributed by atoms with van der Waals surface area (Å²) in [5, 5.41) is 7.30. The van der Waals surface area contributed by atoms with Crippen LogP contribution in [-0.4, -0.2) is 24.5 Å². The lowest BCUT2D eigenvalue weighted by Crippen LogP contribution is -2.38. The standard InChI is InChI=1S/C16H19ClN4/c1-18-16(21-12-14-7-4-5-10-19-14)20-11-9-13-6-2-3-8-15(13)17/h2-8,10H,9,11-12H2,1H3,(H2,18,20,21). The fourth-order valence-electron chi connectivity index (χ4n) is 1.91. The minimum absolute atomic E-state index is 0.645. The van der Waals surface area contributed by atoms with Crippen LogP contribution in [0, 0.1) is 0 Å². The van der Waals surface area contributed by atoms with Crippen LogP contribution in [0.25, 0.3) is 0 Å². The van der Waals surface area contributed by atoms with Gasteiger partial charge in [0, 0.05) is 24.8 Å². The number of hydrogen-bond donors (Lipinski definition) is 2. The van der Waals surface area contributed by atoms with Gasteiger partial charge in [-0.2, -0.15) is 0 Å². The molecule has 110 valence electrons. The third-order valence-electron chi connectivity index (χ3n) is 3.03. The SMILES string of the molecule is CN=C(NCCc1ccccc1Cl)NCc1ccccn1. The molecule has 0 atom stereocenters. The van der Waals surface area contributed by atoms with Crippen molar-refractivity contribution in [1.82, 2.24) is 15.6 Å². The zero-order valence-corrected chi connectivity index (χ0v) is 12.8. The van der Waals surface area contributed by atoms with Gasteiger partial charge in [0.25, 0.3) is 0 Å². The second kappa shape index (κ2) is 8.27. The van der Waals surface area contributed by atoms with Gasteiger partial charge in [0.15, 0.2) is 5.96 Å². The molecule has 0 unspecified atom stereocenters. The molecule has 2 rings (SSSR count).